The van der Waals surface area contributed by atoms with Gasteiger partial charge in [0, 0.05) is 0 Å². The molecule has 0 radical (unpaired) electrons. The van der Waals surface area contributed by atoms with Crippen LogP contribution in [0.2, 0.25) is 0 Å². The van der Waals surface area contributed by atoms with Crippen molar-refractivity contribution in [1.29, 1.82) is 0 Å². The predicted octanol–water partition coefficient (Wildman–Crippen LogP) is 6.65. The maximum absolute atomic E-state index is 2.41. The fourth-order valence-electron chi connectivity index (χ4n) is 2.31. The molecule has 0 amide bonds. The standard InChI is InChI=1S/C16H20.2C2H6/c1-13-7-3-5-9-15(13)11-12-16-10-6-4-8-14(16)2;2*1-2/h3,5,7-10H,4,6,11-12H2,1-2H3;2*1-2H3. The Kier molecular flexibility index (Phi) is 10.8. The third-order valence-corrected chi connectivity index (χ3v) is 3.44. The molecule has 112 valence electrons. The smallest absolute Gasteiger partial charge is 0.0236 e. The molecular weight excluding hydrogens is 240 g/mol. The van der Waals surface area contributed by atoms with Crippen molar-refractivity contribution in [2.24, 2.45) is 0 Å². The van der Waals surface area contributed by atoms with Gasteiger partial charge >= 0.3 is 0 Å². The summed E-state index contributed by atoms with van der Waals surface area (Å²) in [6.45, 7) is 12.4. The second-order valence-corrected chi connectivity index (χ2v) is 4.62. The molecule has 0 saturated carbocycles. The molecule has 1 aromatic carbocycles. The van der Waals surface area contributed by atoms with Gasteiger partial charge in [0.05, 0.1) is 0 Å². The molecule has 0 N–H and O–H groups in total. The summed E-state index contributed by atoms with van der Waals surface area (Å²) in [4.78, 5) is 0. The molecule has 0 saturated heterocycles. The normalized spacial score (nSPS) is 13.1. The second-order valence-electron chi connectivity index (χ2n) is 4.62. The molecule has 0 spiro atoms. The van der Waals surface area contributed by atoms with E-state index < -0.39 is 0 Å². The number of hydrogen-bond acceptors (Lipinski definition) is 0. The predicted molar refractivity (Wildman–Crippen MR) is 93.3 cm³/mol. The minimum absolute atomic E-state index is 1.17. The zero-order valence-corrected chi connectivity index (χ0v) is 14.3. The molecule has 0 aliphatic heterocycles. The number of aryl methyl sites for hydroxylation is 2. The van der Waals surface area contributed by atoms with Crippen LogP contribution in [0.4, 0.5) is 0 Å². The maximum Gasteiger partial charge on any atom is -0.0236 e. The molecule has 1 aliphatic rings. The molecule has 0 unspecified atom stereocenters. The summed E-state index contributed by atoms with van der Waals surface area (Å²) in [5, 5.41) is 0. The highest BCUT2D eigenvalue weighted by atomic mass is 14.1. The van der Waals surface area contributed by atoms with Crippen LogP contribution in [0.3, 0.4) is 0 Å². The molecule has 1 aliphatic carbocycles. The van der Waals surface area contributed by atoms with Crippen molar-refractivity contribution < 1.29 is 0 Å². The van der Waals surface area contributed by atoms with E-state index in [0.29, 0.717) is 0 Å². The van der Waals surface area contributed by atoms with Crippen LogP contribution in [-0.2, 0) is 6.42 Å². The Morgan fingerprint density at radius 2 is 1.40 bits per heavy atom. The van der Waals surface area contributed by atoms with Gasteiger partial charge in [-0.1, -0.05) is 69.7 Å². The summed E-state index contributed by atoms with van der Waals surface area (Å²) in [6, 6.07) is 8.70. The van der Waals surface area contributed by atoms with E-state index in [1.165, 1.54) is 42.4 Å². The number of benzene rings is 1. The average Bonchev–Trinajstić information content (AvgIpc) is 2.52. The van der Waals surface area contributed by atoms with Crippen LogP contribution in [-0.4, -0.2) is 0 Å². The van der Waals surface area contributed by atoms with Gasteiger partial charge < -0.3 is 0 Å². The maximum atomic E-state index is 2.41. The van der Waals surface area contributed by atoms with Gasteiger partial charge in [0.1, 0.15) is 0 Å². The minimum atomic E-state index is 1.17. The van der Waals surface area contributed by atoms with Crippen LogP contribution in [0.5, 0.6) is 0 Å². The molecule has 0 heteroatoms. The highest BCUT2D eigenvalue weighted by molar-refractivity contribution is 5.34. The topological polar surface area (TPSA) is 0 Å². The Hall–Kier alpha value is -1.30. The van der Waals surface area contributed by atoms with Crippen LogP contribution in [0.25, 0.3) is 0 Å². The molecule has 0 fully saturated rings. The van der Waals surface area contributed by atoms with E-state index in [1.54, 1.807) is 5.57 Å². The van der Waals surface area contributed by atoms with Gasteiger partial charge in [0.25, 0.3) is 0 Å². The van der Waals surface area contributed by atoms with E-state index in [9.17, 15) is 0 Å². The lowest BCUT2D eigenvalue weighted by Gasteiger charge is -2.13. The second kappa shape index (κ2) is 11.5. The first kappa shape index (κ1) is 18.7. The molecule has 0 nitrogen and oxygen atoms in total. The first-order valence-electron chi connectivity index (χ1n) is 8.18. The van der Waals surface area contributed by atoms with Crippen LogP contribution >= 0.6 is 0 Å². The Balaban J connectivity index is 0.000000829. The van der Waals surface area contributed by atoms with Gasteiger partial charge in [-0.05, 0) is 56.2 Å². The molecule has 2 rings (SSSR count). The van der Waals surface area contributed by atoms with E-state index in [0.717, 1.165) is 0 Å². The van der Waals surface area contributed by atoms with Crippen molar-refractivity contribution in [3.8, 4) is 0 Å². The van der Waals surface area contributed by atoms with Crippen molar-refractivity contribution in [1.82, 2.24) is 0 Å². The molecule has 0 heterocycles. The summed E-state index contributed by atoms with van der Waals surface area (Å²) in [6.07, 6.45) is 9.58. The largest absolute Gasteiger partial charge is 0.0810 e. The van der Waals surface area contributed by atoms with Gasteiger partial charge in [0.15, 0.2) is 0 Å². The Bertz CT molecular complexity index is 421. The third-order valence-electron chi connectivity index (χ3n) is 3.44. The monoisotopic (exact) mass is 272 g/mol. The molecular formula is C20H32. The fraction of sp³-hybridized carbons (Fsp3) is 0.500. The van der Waals surface area contributed by atoms with E-state index in [4.69, 9.17) is 0 Å². The van der Waals surface area contributed by atoms with E-state index >= 15 is 0 Å². The van der Waals surface area contributed by atoms with Crippen LogP contribution < -0.4 is 0 Å². The Morgan fingerprint density at radius 1 is 0.800 bits per heavy atom. The highest BCUT2D eigenvalue weighted by Gasteiger charge is 2.05. The zero-order valence-electron chi connectivity index (χ0n) is 14.3. The lowest BCUT2D eigenvalue weighted by atomic mass is 9.93. The Labute approximate surface area is 126 Å². The van der Waals surface area contributed by atoms with Gasteiger partial charge in [-0.2, -0.15) is 0 Å². The highest BCUT2D eigenvalue weighted by Crippen LogP contribution is 2.23. The van der Waals surface area contributed by atoms with Gasteiger partial charge in [0.2, 0.25) is 0 Å². The van der Waals surface area contributed by atoms with Crippen molar-refractivity contribution in [3.63, 3.8) is 0 Å². The summed E-state index contributed by atoms with van der Waals surface area (Å²) >= 11 is 0. The zero-order chi connectivity index (χ0) is 15.4. The number of rotatable bonds is 3. The SMILES string of the molecule is CC.CC.CC1=CCCC=C1CCc1ccccc1C. The van der Waals surface area contributed by atoms with E-state index in [2.05, 4.69) is 50.3 Å². The van der Waals surface area contributed by atoms with Crippen LogP contribution in [0.15, 0.2) is 47.6 Å². The fourth-order valence-corrected chi connectivity index (χ4v) is 2.31. The lowest BCUT2D eigenvalue weighted by Crippen LogP contribution is -1.96. The molecule has 0 atom stereocenters. The Morgan fingerprint density at radius 3 is 2.00 bits per heavy atom. The van der Waals surface area contributed by atoms with Crippen molar-refractivity contribution in [2.45, 2.75) is 67.2 Å². The van der Waals surface area contributed by atoms with E-state index in [-0.39, 0.29) is 0 Å². The first-order chi connectivity index (χ1) is 9.77. The lowest BCUT2D eigenvalue weighted by molar-refractivity contribution is 0.890. The summed E-state index contributed by atoms with van der Waals surface area (Å²) < 4.78 is 0. The third kappa shape index (κ3) is 6.23. The molecule has 0 aromatic heterocycles. The van der Waals surface area contributed by atoms with Crippen LogP contribution in [0, 0.1) is 6.92 Å². The van der Waals surface area contributed by atoms with Gasteiger partial charge in [-0.3, -0.25) is 0 Å². The van der Waals surface area contributed by atoms with Crippen LogP contribution in [0.1, 0.15) is 65.0 Å². The van der Waals surface area contributed by atoms with Crippen molar-refractivity contribution >= 4 is 0 Å². The van der Waals surface area contributed by atoms with E-state index in [1.807, 2.05) is 27.7 Å². The summed E-state index contributed by atoms with van der Waals surface area (Å²) in [5.41, 5.74) is 5.94. The summed E-state index contributed by atoms with van der Waals surface area (Å²) in [5.74, 6) is 0. The van der Waals surface area contributed by atoms with Gasteiger partial charge in [-0.15, -0.1) is 0 Å². The van der Waals surface area contributed by atoms with Crippen molar-refractivity contribution in [2.75, 3.05) is 0 Å². The molecule has 20 heavy (non-hydrogen) atoms. The molecule has 1 aromatic rings. The quantitative estimate of drug-likeness (QED) is 0.578. The summed E-state index contributed by atoms with van der Waals surface area (Å²) in [7, 11) is 0. The first-order valence-corrected chi connectivity index (χ1v) is 8.18. The van der Waals surface area contributed by atoms with Gasteiger partial charge in [-0.25, -0.2) is 0 Å². The number of allylic oxidation sites excluding steroid dienone is 4. The average molecular weight is 272 g/mol. The van der Waals surface area contributed by atoms with Crippen molar-refractivity contribution in [3.05, 3.63) is 58.7 Å². The number of hydrogen-bond donors (Lipinski definition) is 0. The minimum Gasteiger partial charge on any atom is -0.0810 e. The molecule has 0 bridgehead atoms.